The maximum atomic E-state index is 10.4. The molecule has 0 fully saturated rings. The SMILES string of the molecule is CCCCCCCCCCCCCC.CCCCCCCCCCCCOP(=O)(O)O.O=S(=O)(O)O.[KH].[NaH]. The first-order chi connectivity index (χ1) is 17.0. The Hall–Kier alpha value is 2.62. The molecule has 0 rings (SSSR count). The Bertz CT molecular complexity index is 545. The molecule has 0 saturated carbocycles. The predicted molar refractivity (Wildman–Crippen MR) is 165 cm³/mol. The molecule has 0 heterocycles. The van der Waals surface area contributed by atoms with Gasteiger partial charge in [0.1, 0.15) is 0 Å². The van der Waals surface area contributed by atoms with Crippen molar-refractivity contribution in [1.82, 2.24) is 0 Å². The van der Waals surface area contributed by atoms with E-state index in [1.807, 2.05) is 0 Å². The van der Waals surface area contributed by atoms with Crippen LogP contribution >= 0.6 is 7.82 Å². The molecule has 0 aromatic heterocycles. The number of phosphoric ester groups is 1. The third kappa shape index (κ3) is 71.6. The zero-order valence-corrected chi connectivity index (χ0v) is 25.3. The Morgan fingerprint density at radius 2 is 0.711 bits per heavy atom. The summed E-state index contributed by atoms with van der Waals surface area (Å²) in [4.78, 5) is 16.9. The number of phosphoric acid groups is 1. The Morgan fingerprint density at radius 1 is 0.526 bits per heavy atom. The maximum absolute atomic E-state index is 10.4. The molecule has 0 saturated heterocycles. The standard InChI is InChI=1S/C14H30.C12H27O4P.K.Na.H2O4S.2H/c1-3-5-7-9-11-13-14-12-10-8-6-4-2;1-2-3-4-5-6-7-8-9-10-11-12-16-17(13,14)15;;;1-5(2,3)4;;/h3-14H2,1-2H3;2-12H2,1H3,(H2,13,14,15);;;(H2,1,2,3,4);;. The van der Waals surface area contributed by atoms with Gasteiger partial charge in [0.05, 0.1) is 6.61 Å². The predicted octanol–water partition coefficient (Wildman–Crippen LogP) is 7.77. The molecule has 0 unspecified atom stereocenters. The average molecular weight is 627 g/mol. The normalized spacial score (nSPS) is 10.8. The Balaban J connectivity index is -0.000000157. The van der Waals surface area contributed by atoms with E-state index in [1.165, 1.54) is 122 Å². The van der Waals surface area contributed by atoms with Crippen LogP contribution in [0.2, 0.25) is 0 Å². The van der Waals surface area contributed by atoms with Crippen LogP contribution in [0.15, 0.2) is 0 Å². The summed E-state index contributed by atoms with van der Waals surface area (Å²) in [6.45, 7) is 6.96. The minimum atomic E-state index is -4.67. The molecule has 38 heavy (non-hydrogen) atoms. The quantitative estimate of drug-likeness (QED) is 0.0390. The van der Waals surface area contributed by atoms with Crippen molar-refractivity contribution in [1.29, 1.82) is 0 Å². The van der Waals surface area contributed by atoms with Crippen LogP contribution in [0, 0.1) is 0 Å². The van der Waals surface area contributed by atoms with E-state index in [1.54, 1.807) is 0 Å². The Morgan fingerprint density at radius 3 is 0.895 bits per heavy atom. The first-order valence-electron chi connectivity index (χ1n) is 14.4. The zero-order valence-electron chi connectivity index (χ0n) is 23.5. The van der Waals surface area contributed by atoms with E-state index in [9.17, 15) is 4.57 Å². The van der Waals surface area contributed by atoms with Crippen LogP contribution in [-0.2, 0) is 19.5 Å². The van der Waals surface area contributed by atoms with Gasteiger partial charge in [0, 0.05) is 0 Å². The molecule has 0 atom stereocenters. The second-order valence-electron chi connectivity index (χ2n) is 9.49. The number of rotatable bonds is 23. The van der Waals surface area contributed by atoms with Crippen LogP contribution in [0.1, 0.15) is 162 Å². The van der Waals surface area contributed by atoms with E-state index in [2.05, 4.69) is 25.3 Å². The van der Waals surface area contributed by atoms with Gasteiger partial charge in [0.25, 0.3) is 0 Å². The summed E-state index contributed by atoms with van der Waals surface area (Å²) in [5, 5.41) is 0. The molecule has 0 radical (unpaired) electrons. The molecule has 0 aliphatic carbocycles. The molecule has 8 nitrogen and oxygen atoms in total. The van der Waals surface area contributed by atoms with Crippen molar-refractivity contribution in [2.24, 2.45) is 0 Å². The van der Waals surface area contributed by atoms with Gasteiger partial charge < -0.3 is 9.79 Å². The van der Waals surface area contributed by atoms with E-state index in [0.29, 0.717) is 0 Å². The van der Waals surface area contributed by atoms with Crippen LogP contribution in [0.4, 0.5) is 0 Å². The van der Waals surface area contributed by atoms with Crippen LogP contribution in [0.5, 0.6) is 0 Å². The van der Waals surface area contributed by atoms with Gasteiger partial charge in [-0.15, -0.1) is 0 Å². The van der Waals surface area contributed by atoms with Gasteiger partial charge in [-0.05, 0) is 6.42 Å². The van der Waals surface area contributed by atoms with Crippen molar-refractivity contribution in [2.75, 3.05) is 6.61 Å². The van der Waals surface area contributed by atoms with Crippen molar-refractivity contribution in [3.05, 3.63) is 0 Å². The van der Waals surface area contributed by atoms with Crippen LogP contribution < -0.4 is 0 Å². The second kappa shape index (κ2) is 39.6. The van der Waals surface area contributed by atoms with Crippen molar-refractivity contribution in [3.63, 3.8) is 0 Å². The molecular weight excluding hydrogens is 565 g/mol. The van der Waals surface area contributed by atoms with E-state index in [4.69, 9.17) is 27.3 Å². The molecule has 4 N–H and O–H groups in total. The van der Waals surface area contributed by atoms with Crippen LogP contribution in [0.25, 0.3) is 0 Å². The number of unbranched alkanes of at least 4 members (excludes halogenated alkanes) is 20. The summed E-state index contributed by atoms with van der Waals surface area (Å²) >= 11 is 0. The van der Waals surface area contributed by atoms with Crippen molar-refractivity contribution in [3.8, 4) is 0 Å². The molecule has 0 aliphatic heterocycles. The molecule has 0 bridgehead atoms. The average Bonchev–Trinajstić information content (AvgIpc) is 2.77. The monoisotopic (exact) mass is 626 g/mol. The Kier molecular flexibility index (Phi) is 52.4. The van der Waals surface area contributed by atoms with Gasteiger partial charge in [-0.3, -0.25) is 13.6 Å². The molecule has 226 valence electrons. The molecule has 0 spiro atoms. The van der Waals surface area contributed by atoms with Gasteiger partial charge in [0.2, 0.25) is 0 Å². The third-order valence-corrected chi connectivity index (χ3v) is 6.23. The van der Waals surface area contributed by atoms with Gasteiger partial charge in [-0.1, -0.05) is 156 Å². The number of hydrogen-bond donors (Lipinski definition) is 4. The fourth-order valence-corrected chi connectivity index (χ4v) is 4.05. The molecule has 0 amide bonds. The molecule has 0 aliphatic rings. The zero-order chi connectivity index (χ0) is 28.0. The topological polar surface area (TPSA) is 141 Å². The van der Waals surface area contributed by atoms with Gasteiger partial charge in [0.15, 0.2) is 0 Å². The Labute approximate surface area is 300 Å². The summed E-state index contributed by atoms with van der Waals surface area (Å²) in [5.74, 6) is 0. The summed E-state index contributed by atoms with van der Waals surface area (Å²) in [6.07, 6.45) is 29.5. The van der Waals surface area contributed by atoms with E-state index < -0.39 is 18.2 Å². The van der Waals surface area contributed by atoms with E-state index in [0.717, 1.165) is 19.3 Å². The van der Waals surface area contributed by atoms with Crippen molar-refractivity contribution in [2.45, 2.75) is 162 Å². The minimum absolute atomic E-state index is 0. The van der Waals surface area contributed by atoms with Gasteiger partial charge in [-0.2, -0.15) is 8.42 Å². The molecule has 0 aromatic rings. The molecule has 0 aromatic carbocycles. The van der Waals surface area contributed by atoms with Crippen LogP contribution in [0.3, 0.4) is 0 Å². The number of hydrogen-bond acceptors (Lipinski definition) is 4. The summed E-state index contributed by atoms with van der Waals surface area (Å²) in [6, 6.07) is 0. The first kappa shape index (κ1) is 50.3. The summed E-state index contributed by atoms with van der Waals surface area (Å²) < 4.78 is 46.3. The van der Waals surface area contributed by atoms with Gasteiger partial charge >= 0.3 is 99.2 Å². The summed E-state index contributed by atoms with van der Waals surface area (Å²) in [7, 11) is -8.91. The molecular formula is C26H61KNaO8PS. The van der Waals surface area contributed by atoms with Crippen molar-refractivity contribution >= 4 is 99.2 Å². The van der Waals surface area contributed by atoms with E-state index in [-0.39, 0.29) is 87.5 Å². The molecule has 12 heteroatoms. The third-order valence-electron chi connectivity index (χ3n) is 5.71. The van der Waals surface area contributed by atoms with E-state index >= 15 is 0 Å². The summed E-state index contributed by atoms with van der Waals surface area (Å²) in [5.41, 5.74) is 0. The fraction of sp³-hybridized carbons (Fsp3) is 1.00. The van der Waals surface area contributed by atoms with Crippen LogP contribution in [-0.4, -0.2) is 115 Å². The first-order valence-corrected chi connectivity index (χ1v) is 17.3. The second-order valence-corrected chi connectivity index (χ2v) is 11.6. The fourth-order valence-electron chi connectivity index (χ4n) is 3.69. The van der Waals surface area contributed by atoms with Crippen molar-refractivity contribution < 1.29 is 36.4 Å². The van der Waals surface area contributed by atoms with Gasteiger partial charge in [-0.25, -0.2) is 4.57 Å².